The molecule has 192 valence electrons. The van der Waals surface area contributed by atoms with E-state index in [1.165, 1.54) is 0 Å². The molecule has 1 aliphatic heterocycles. The van der Waals surface area contributed by atoms with Crippen molar-refractivity contribution in [3.8, 4) is 23.0 Å². The minimum Gasteiger partial charge on any atom is -0.507 e. The van der Waals surface area contributed by atoms with Crippen LogP contribution in [0, 0.1) is 0 Å². The van der Waals surface area contributed by atoms with Crippen LogP contribution in [0.1, 0.15) is 52.7 Å². The molecule has 0 spiro atoms. The Morgan fingerprint density at radius 1 is 1.08 bits per heavy atom. The lowest BCUT2D eigenvalue weighted by molar-refractivity contribution is 0.151. The number of phenols is 2. The molecule has 0 aliphatic carbocycles. The van der Waals surface area contributed by atoms with Crippen LogP contribution in [0.2, 0.25) is 0 Å². The SMILES string of the molecule is C=CC(C)(C)c1c(O)cc(O)c2c(=O)c3oc4c5c(c(OCC=C(C)C)cc4c3oc12)OC(C)(C)C=C5. The number of phenolic OH excluding ortho intramolecular Hbond substituents is 2. The lowest BCUT2D eigenvalue weighted by atomic mass is 9.83. The summed E-state index contributed by atoms with van der Waals surface area (Å²) in [7, 11) is 0. The van der Waals surface area contributed by atoms with Crippen molar-refractivity contribution in [1.82, 2.24) is 0 Å². The topological polar surface area (TPSA) is 102 Å². The Labute approximate surface area is 213 Å². The standard InChI is InChI=1S/C30H30O7/c1-8-29(4,5)22-19(32)14-18(31)21-23(33)28-26(36-27(21)22)17-13-20(34-12-10-15(2)3)25-16(24(17)35-28)9-11-30(6,7)37-25/h8-11,13-14,31-32H,1,12H2,2-7H3. The van der Waals surface area contributed by atoms with Crippen LogP contribution < -0.4 is 14.9 Å². The van der Waals surface area contributed by atoms with Crippen molar-refractivity contribution in [2.24, 2.45) is 0 Å². The fourth-order valence-electron chi connectivity index (χ4n) is 4.58. The molecule has 0 radical (unpaired) electrons. The fraction of sp³-hybridized carbons (Fsp3) is 0.300. The molecule has 2 aromatic carbocycles. The number of benzene rings is 2. The number of hydrogen-bond donors (Lipinski definition) is 2. The first-order valence-electron chi connectivity index (χ1n) is 12.1. The largest absolute Gasteiger partial charge is 0.507 e. The van der Waals surface area contributed by atoms with Gasteiger partial charge in [0.2, 0.25) is 11.0 Å². The number of rotatable bonds is 5. The van der Waals surface area contributed by atoms with Crippen molar-refractivity contribution in [1.29, 1.82) is 0 Å². The van der Waals surface area contributed by atoms with Gasteiger partial charge in [-0.2, -0.15) is 0 Å². The van der Waals surface area contributed by atoms with E-state index < -0.39 is 22.2 Å². The highest BCUT2D eigenvalue weighted by molar-refractivity contribution is 6.09. The molecular weight excluding hydrogens is 472 g/mol. The number of furan rings is 1. The Morgan fingerprint density at radius 2 is 1.78 bits per heavy atom. The Kier molecular flexibility index (Phi) is 5.44. The van der Waals surface area contributed by atoms with Gasteiger partial charge in [-0.3, -0.25) is 4.79 Å². The third-order valence-electron chi connectivity index (χ3n) is 6.67. The summed E-state index contributed by atoms with van der Waals surface area (Å²) in [5.41, 5.74) is 0.796. The van der Waals surface area contributed by atoms with Crippen molar-refractivity contribution in [2.75, 3.05) is 6.61 Å². The molecular formula is C30H30O7. The van der Waals surface area contributed by atoms with E-state index in [2.05, 4.69) is 6.58 Å². The van der Waals surface area contributed by atoms with Crippen molar-refractivity contribution < 1.29 is 28.5 Å². The van der Waals surface area contributed by atoms with Gasteiger partial charge in [0.05, 0.1) is 10.9 Å². The van der Waals surface area contributed by atoms with Gasteiger partial charge in [0.15, 0.2) is 22.7 Å². The highest BCUT2D eigenvalue weighted by atomic mass is 16.5. The van der Waals surface area contributed by atoms with Crippen molar-refractivity contribution >= 4 is 39.2 Å². The van der Waals surface area contributed by atoms with E-state index in [1.54, 1.807) is 12.1 Å². The summed E-state index contributed by atoms with van der Waals surface area (Å²) < 4.78 is 24.7. The van der Waals surface area contributed by atoms with E-state index >= 15 is 0 Å². The summed E-state index contributed by atoms with van der Waals surface area (Å²) >= 11 is 0. The van der Waals surface area contributed by atoms with E-state index in [0.717, 1.165) is 11.6 Å². The molecule has 4 aromatic rings. The number of allylic oxidation sites excluding steroid dienone is 2. The van der Waals surface area contributed by atoms with Crippen LogP contribution in [-0.4, -0.2) is 22.4 Å². The Morgan fingerprint density at radius 3 is 2.46 bits per heavy atom. The second-order valence-electron chi connectivity index (χ2n) is 10.7. The van der Waals surface area contributed by atoms with Crippen molar-refractivity contribution in [3.63, 3.8) is 0 Å². The molecule has 0 fully saturated rings. The molecule has 7 heteroatoms. The molecule has 37 heavy (non-hydrogen) atoms. The third-order valence-corrected chi connectivity index (χ3v) is 6.67. The molecule has 1 aliphatic rings. The van der Waals surface area contributed by atoms with E-state index in [0.29, 0.717) is 40.2 Å². The van der Waals surface area contributed by atoms with E-state index in [4.69, 9.17) is 18.3 Å². The van der Waals surface area contributed by atoms with Gasteiger partial charge < -0.3 is 28.5 Å². The van der Waals surface area contributed by atoms with Crippen LogP contribution in [0.4, 0.5) is 0 Å². The molecule has 0 saturated heterocycles. The monoisotopic (exact) mass is 502 g/mol. The van der Waals surface area contributed by atoms with Crippen LogP contribution in [0.5, 0.6) is 23.0 Å². The maximum Gasteiger partial charge on any atom is 0.239 e. The van der Waals surface area contributed by atoms with Crippen molar-refractivity contribution in [2.45, 2.75) is 52.6 Å². The van der Waals surface area contributed by atoms with Crippen LogP contribution >= 0.6 is 0 Å². The molecule has 0 amide bonds. The smallest absolute Gasteiger partial charge is 0.239 e. The minimum atomic E-state index is -0.765. The summed E-state index contributed by atoms with van der Waals surface area (Å²) in [6.45, 7) is 15.7. The maximum atomic E-state index is 13.7. The highest BCUT2D eigenvalue weighted by Crippen LogP contribution is 2.48. The predicted octanol–water partition coefficient (Wildman–Crippen LogP) is 7.10. The normalized spacial score (nSPS) is 14.5. The first-order chi connectivity index (χ1) is 17.3. The zero-order valence-electron chi connectivity index (χ0n) is 21.8. The zero-order chi connectivity index (χ0) is 26.9. The highest BCUT2D eigenvalue weighted by Gasteiger charge is 2.32. The molecule has 5 rings (SSSR count). The van der Waals surface area contributed by atoms with E-state index in [1.807, 2.05) is 59.8 Å². The summed E-state index contributed by atoms with van der Waals surface area (Å²) in [5, 5.41) is 21.8. The quantitative estimate of drug-likeness (QED) is 0.281. The molecule has 2 aromatic heterocycles. The van der Waals surface area contributed by atoms with Gasteiger partial charge in [0.1, 0.15) is 34.7 Å². The maximum absolute atomic E-state index is 13.7. The van der Waals surface area contributed by atoms with Crippen LogP contribution in [0.25, 0.3) is 39.2 Å². The molecule has 7 nitrogen and oxygen atoms in total. The molecule has 0 saturated carbocycles. The predicted molar refractivity (Wildman–Crippen MR) is 145 cm³/mol. The van der Waals surface area contributed by atoms with Gasteiger partial charge in [-0.25, -0.2) is 0 Å². The lowest BCUT2D eigenvalue weighted by Gasteiger charge is -2.29. The lowest BCUT2D eigenvalue weighted by Crippen LogP contribution is -2.27. The average Bonchev–Trinajstić information content (AvgIpc) is 3.16. The first-order valence-corrected chi connectivity index (χ1v) is 12.1. The van der Waals surface area contributed by atoms with Gasteiger partial charge in [-0.05, 0) is 52.0 Å². The Balaban J connectivity index is 1.91. The number of hydrogen-bond acceptors (Lipinski definition) is 7. The zero-order valence-corrected chi connectivity index (χ0v) is 21.8. The van der Waals surface area contributed by atoms with E-state index in [9.17, 15) is 15.0 Å². The molecule has 0 bridgehead atoms. The van der Waals surface area contributed by atoms with Crippen LogP contribution in [-0.2, 0) is 5.41 Å². The van der Waals surface area contributed by atoms with Crippen LogP contribution in [0.3, 0.4) is 0 Å². The Hall–Kier alpha value is -4.13. The van der Waals surface area contributed by atoms with Crippen molar-refractivity contribution in [3.05, 3.63) is 63.9 Å². The van der Waals surface area contributed by atoms with Gasteiger partial charge in [-0.1, -0.05) is 25.5 Å². The molecule has 0 unspecified atom stereocenters. The molecule has 2 N–H and O–H groups in total. The van der Waals surface area contributed by atoms with Gasteiger partial charge in [-0.15, -0.1) is 6.58 Å². The minimum absolute atomic E-state index is 0.0484. The third kappa shape index (κ3) is 3.86. The molecule has 3 heterocycles. The number of ether oxygens (including phenoxy) is 2. The fourth-order valence-corrected chi connectivity index (χ4v) is 4.58. The Bertz CT molecular complexity index is 1720. The second kappa shape index (κ2) is 8.20. The summed E-state index contributed by atoms with van der Waals surface area (Å²) in [4.78, 5) is 13.7. The summed E-state index contributed by atoms with van der Waals surface area (Å²) in [6.07, 6.45) is 7.39. The number of aromatic hydroxyl groups is 2. The second-order valence-corrected chi connectivity index (χ2v) is 10.7. The van der Waals surface area contributed by atoms with Gasteiger partial charge >= 0.3 is 0 Å². The van der Waals surface area contributed by atoms with Gasteiger partial charge in [0.25, 0.3) is 0 Å². The first kappa shape index (κ1) is 24.6. The van der Waals surface area contributed by atoms with Crippen LogP contribution in [0.15, 0.2) is 56.1 Å². The number of fused-ring (bicyclic) bond motifs is 6. The van der Waals surface area contributed by atoms with E-state index in [-0.39, 0.29) is 27.9 Å². The van der Waals surface area contributed by atoms with Gasteiger partial charge in [0, 0.05) is 17.0 Å². The molecule has 0 atom stereocenters. The average molecular weight is 503 g/mol. The summed E-state index contributed by atoms with van der Waals surface area (Å²) in [6, 6.07) is 2.88. The summed E-state index contributed by atoms with van der Waals surface area (Å²) in [5.74, 6) is 0.386.